The molecule has 0 spiro atoms. The average molecular weight is 224 g/mol. The van der Waals surface area contributed by atoms with E-state index in [1.54, 1.807) is 6.20 Å². The Morgan fingerprint density at radius 2 is 2.38 bits per heavy atom. The molecule has 0 saturated heterocycles. The molecular formula is C12H20N2O2. The van der Waals surface area contributed by atoms with Crippen LogP contribution < -0.4 is 10.1 Å². The van der Waals surface area contributed by atoms with E-state index < -0.39 is 0 Å². The van der Waals surface area contributed by atoms with Crippen LogP contribution in [0.3, 0.4) is 0 Å². The first-order chi connectivity index (χ1) is 7.79. The molecule has 2 N–H and O–H groups in total. The van der Waals surface area contributed by atoms with Gasteiger partial charge in [-0.2, -0.15) is 0 Å². The molecule has 0 amide bonds. The first kappa shape index (κ1) is 12.9. The van der Waals surface area contributed by atoms with Gasteiger partial charge in [-0.25, -0.2) is 4.98 Å². The number of pyridine rings is 1. The van der Waals surface area contributed by atoms with Crippen LogP contribution in [0.1, 0.15) is 31.9 Å². The highest BCUT2D eigenvalue weighted by Crippen LogP contribution is 2.21. The Kier molecular flexibility index (Phi) is 5.82. The first-order valence-corrected chi connectivity index (χ1v) is 5.71. The average Bonchev–Trinajstić information content (AvgIpc) is 2.30. The summed E-state index contributed by atoms with van der Waals surface area (Å²) in [6.45, 7) is 5.70. The molecule has 0 radical (unpaired) electrons. The van der Waals surface area contributed by atoms with E-state index in [0.717, 1.165) is 12.1 Å². The highest BCUT2D eigenvalue weighted by Gasteiger charge is 2.10. The standard InChI is InChI=1S/C12H20N2O2/c1-3-13-10(2)11-6-4-7-14-12(11)16-9-5-8-15/h4,6-7,10,13,15H,3,5,8-9H2,1-2H3. The maximum absolute atomic E-state index is 8.69. The minimum atomic E-state index is 0.144. The van der Waals surface area contributed by atoms with Gasteiger partial charge < -0.3 is 15.2 Å². The second kappa shape index (κ2) is 7.19. The molecule has 0 bridgehead atoms. The molecule has 0 saturated carbocycles. The van der Waals surface area contributed by atoms with Gasteiger partial charge in [-0.15, -0.1) is 0 Å². The molecule has 0 aliphatic rings. The minimum Gasteiger partial charge on any atom is -0.477 e. The van der Waals surface area contributed by atoms with Crippen LogP contribution in [-0.2, 0) is 0 Å². The van der Waals surface area contributed by atoms with Crippen molar-refractivity contribution in [2.24, 2.45) is 0 Å². The van der Waals surface area contributed by atoms with Crippen LogP contribution in [0.2, 0.25) is 0 Å². The molecule has 0 aliphatic carbocycles. The molecule has 4 nitrogen and oxygen atoms in total. The summed E-state index contributed by atoms with van der Waals surface area (Å²) in [6, 6.07) is 4.14. The molecule has 1 rings (SSSR count). The summed E-state index contributed by atoms with van der Waals surface area (Å²) < 4.78 is 5.53. The second-order valence-electron chi connectivity index (χ2n) is 3.60. The topological polar surface area (TPSA) is 54.4 Å². The Hall–Kier alpha value is -1.13. The van der Waals surface area contributed by atoms with E-state index in [1.165, 1.54) is 0 Å². The number of rotatable bonds is 7. The van der Waals surface area contributed by atoms with Crippen LogP contribution in [0, 0.1) is 0 Å². The van der Waals surface area contributed by atoms with Crippen molar-refractivity contribution in [3.63, 3.8) is 0 Å². The number of nitrogens with one attached hydrogen (secondary N) is 1. The van der Waals surface area contributed by atoms with Crippen molar-refractivity contribution in [1.82, 2.24) is 10.3 Å². The van der Waals surface area contributed by atoms with Crippen LogP contribution >= 0.6 is 0 Å². The zero-order chi connectivity index (χ0) is 11.8. The lowest BCUT2D eigenvalue weighted by Gasteiger charge is -2.16. The van der Waals surface area contributed by atoms with Crippen molar-refractivity contribution in [2.45, 2.75) is 26.3 Å². The van der Waals surface area contributed by atoms with Crippen molar-refractivity contribution < 1.29 is 9.84 Å². The SMILES string of the molecule is CCNC(C)c1cccnc1OCCCO. The van der Waals surface area contributed by atoms with E-state index in [9.17, 15) is 0 Å². The van der Waals surface area contributed by atoms with E-state index in [-0.39, 0.29) is 12.6 Å². The van der Waals surface area contributed by atoms with Gasteiger partial charge in [-0.1, -0.05) is 13.0 Å². The molecule has 1 unspecified atom stereocenters. The number of nitrogens with zero attached hydrogens (tertiary/aromatic N) is 1. The molecular weight excluding hydrogens is 204 g/mol. The Morgan fingerprint density at radius 3 is 3.06 bits per heavy atom. The Morgan fingerprint density at radius 1 is 1.56 bits per heavy atom. The third kappa shape index (κ3) is 3.79. The lowest BCUT2D eigenvalue weighted by atomic mass is 10.1. The van der Waals surface area contributed by atoms with Gasteiger partial charge in [0, 0.05) is 30.8 Å². The molecule has 16 heavy (non-hydrogen) atoms. The smallest absolute Gasteiger partial charge is 0.218 e. The van der Waals surface area contributed by atoms with Gasteiger partial charge in [-0.3, -0.25) is 0 Å². The summed E-state index contributed by atoms with van der Waals surface area (Å²) in [6.07, 6.45) is 2.35. The van der Waals surface area contributed by atoms with E-state index >= 15 is 0 Å². The van der Waals surface area contributed by atoms with Crippen LogP contribution in [0.25, 0.3) is 0 Å². The molecule has 1 aromatic rings. The molecule has 0 aromatic carbocycles. The van der Waals surface area contributed by atoms with Crippen molar-refractivity contribution >= 4 is 0 Å². The largest absolute Gasteiger partial charge is 0.477 e. The van der Waals surface area contributed by atoms with Crippen molar-refractivity contribution in [1.29, 1.82) is 0 Å². The molecule has 0 fully saturated rings. The Balaban J connectivity index is 2.67. The van der Waals surface area contributed by atoms with Crippen molar-refractivity contribution in [3.8, 4) is 5.88 Å². The zero-order valence-corrected chi connectivity index (χ0v) is 9.94. The summed E-state index contributed by atoms with van der Waals surface area (Å²) >= 11 is 0. The zero-order valence-electron chi connectivity index (χ0n) is 9.94. The van der Waals surface area contributed by atoms with Gasteiger partial charge in [0.1, 0.15) is 0 Å². The lowest BCUT2D eigenvalue weighted by molar-refractivity contribution is 0.227. The normalized spacial score (nSPS) is 12.4. The van der Waals surface area contributed by atoms with Crippen molar-refractivity contribution in [3.05, 3.63) is 23.9 Å². The highest BCUT2D eigenvalue weighted by molar-refractivity contribution is 5.28. The fourth-order valence-electron chi connectivity index (χ4n) is 1.50. The minimum absolute atomic E-state index is 0.144. The van der Waals surface area contributed by atoms with E-state index in [2.05, 4.69) is 24.1 Å². The van der Waals surface area contributed by atoms with Gasteiger partial charge in [-0.05, 0) is 19.5 Å². The fraction of sp³-hybridized carbons (Fsp3) is 0.583. The number of aromatic nitrogens is 1. The maximum Gasteiger partial charge on any atom is 0.218 e. The second-order valence-corrected chi connectivity index (χ2v) is 3.60. The van der Waals surface area contributed by atoms with E-state index in [4.69, 9.17) is 9.84 Å². The van der Waals surface area contributed by atoms with Crippen LogP contribution in [0.15, 0.2) is 18.3 Å². The number of ether oxygens (including phenoxy) is 1. The number of aliphatic hydroxyl groups is 1. The molecule has 4 heteroatoms. The fourth-order valence-corrected chi connectivity index (χ4v) is 1.50. The first-order valence-electron chi connectivity index (χ1n) is 5.71. The molecule has 90 valence electrons. The number of hydrogen-bond donors (Lipinski definition) is 2. The van der Waals surface area contributed by atoms with Crippen LogP contribution in [0.4, 0.5) is 0 Å². The monoisotopic (exact) mass is 224 g/mol. The predicted octanol–water partition coefficient (Wildman–Crippen LogP) is 1.51. The molecule has 0 aliphatic heterocycles. The molecule has 1 aromatic heterocycles. The van der Waals surface area contributed by atoms with Gasteiger partial charge in [0.05, 0.1) is 6.61 Å². The van der Waals surface area contributed by atoms with Gasteiger partial charge >= 0.3 is 0 Å². The van der Waals surface area contributed by atoms with Crippen LogP contribution in [0.5, 0.6) is 5.88 Å². The molecule has 1 heterocycles. The highest BCUT2D eigenvalue weighted by atomic mass is 16.5. The number of hydrogen-bond acceptors (Lipinski definition) is 4. The molecule has 1 atom stereocenters. The number of aliphatic hydroxyl groups excluding tert-OH is 1. The van der Waals surface area contributed by atoms with Crippen LogP contribution in [-0.4, -0.2) is 29.8 Å². The summed E-state index contributed by atoms with van der Waals surface area (Å²) in [7, 11) is 0. The summed E-state index contributed by atoms with van der Waals surface area (Å²) in [4.78, 5) is 4.21. The van der Waals surface area contributed by atoms with E-state index in [0.29, 0.717) is 18.9 Å². The summed E-state index contributed by atoms with van der Waals surface area (Å²) in [5, 5.41) is 12.0. The third-order valence-electron chi connectivity index (χ3n) is 2.32. The summed E-state index contributed by atoms with van der Waals surface area (Å²) in [5.74, 6) is 0.657. The predicted molar refractivity (Wildman–Crippen MR) is 63.5 cm³/mol. The Labute approximate surface area is 96.7 Å². The third-order valence-corrected chi connectivity index (χ3v) is 2.32. The van der Waals surface area contributed by atoms with Gasteiger partial charge in [0.25, 0.3) is 0 Å². The Bertz CT molecular complexity index is 305. The lowest BCUT2D eigenvalue weighted by Crippen LogP contribution is -2.19. The maximum atomic E-state index is 8.69. The van der Waals surface area contributed by atoms with Gasteiger partial charge in [0.15, 0.2) is 0 Å². The summed E-state index contributed by atoms with van der Waals surface area (Å²) in [5.41, 5.74) is 1.06. The van der Waals surface area contributed by atoms with E-state index in [1.807, 2.05) is 12.1 Å². The van der Waals surface area contributed by atoms with Crippen molar-refractivity contribution in [2.75, 3.05) is 19.8 Å². The quantitative estimate of drug-likeness (QED) is 0.689. The van der Waals surface area contributed by atoms with Gasteiger partial charge in [0.2, 0.25) is 5.88 Å².